The van der Waals surface area contributed by atoms with Gasteiger partial charge in [0.25, 0.3) is 5.91 Å². The summed E-state index contributed by atoms with van der Waals surface area (Å²) >= 11 is 0. The summed E-state index contributed by atoms with van der Waals surface area (Å²) in [5.41, 5.74) is 2.59. The standard InChI is InChI=1S/C35H49N3O6/c1-25(2)38(29-14-10-18-36(24-29)34(41)44-35(3,4)5)33(40)27-16-17-30(31(23-27)43-21-11-20-42-6)26-12-9-13-28(22-26)37-19-8-7-15-32(37)39/h9,12-13,16-17,22-23,25,29H,7-8,10-11,14-15,18-21,24H2,1-6H3/t29-/m1/s1. The summed E-state index contributed by atoms with van der Waals surface area (Å²) in [7, 11) is 1.66. The SMILES string of the molecule is COCCCOc1cc(C(=O)N(C(C)C)[C@@H]2CCCN(C(=O)OC(C)(C)C)C2)ccc1-c1cccc(N2CCCCC2=O)c1. The van der Waals surface area contributed by atoms with Crippen LogP contribution in [0.4, 0.5) is 10.5 Å². The van der Waals surface area contributed by atoms with Gasteiger partial charge in [-0.25, -0.2) is 4.79 Å². The Kier molecular flexibility index (Phi) is 11.3. The summed E-state index contributed by atoms with van der Waals surface area (Å²) in [6, 6.07) is 13.4. The summed E-state index contributed by atoms with van der Waals surface area (Å²) in [6.45, 7) is 12.4. The first kappa shape index (κ1) is 33.3. The lowest BCUT2D eigenvalue weighted by atomic mass is 9.98. The maximum Gasteiger partial charge on any atom is 0.410 e. The summed E-state index contributed by atoms with van der Waals surface area (Å²) in [5, 5.41) is 0. The molecular weight excluding hydrogens is 558 g/mol. The molecule has 44 heavy (non-hydrogen) atoms. The zero-order valence-corrected chi connectivity index (χ0v) is 27.3. The number of anilines is 1. The first-order valence-corrected chi connectivity index (χ1v) is 16.0. The van der Waals surface area contributed by atoms with Gasteiger partial charge in [-0.3, -0.25) is 9.59 Å². The molecule has 0 saturated carbocycles. The Hall–Kier alpha value is -3.59. The van der Waals surface area contributed by atoms with Gasteiger partial charge in [0.2, 0.25) is 5.91 Å². The largest absolute Gasteiger partial charge is 0.493 e. The molecule has 1 atom stereocenters. The first-order valence-electron chi connectivity index (χ1n) is 16.0. The van der Waals surface area contributed by atoms with Crippen molar-refractivity contribution in [2.45, 2.75) is 90.8 Å². The highest BCUT2D eigenvalue weighted by Gasteiger charge is 2.34. The minimum atomic E-state index is -0.582. The molecule has 2 heterocycles. The van der Waals surface area contributed by atoms with Crippen molar-refractivity contribution >= 4 is 23.6 Å². The van der Waals surface area contributed by atoms with Crippen molar-refractivity contribution in [1.29, 1.82) is 0 Å². The van der Waals surface area contributed by atoms with E-state index < -0.39 is 5.60 Å². The van der Waals surface area contributed by atoms with Gasteiger partial charge in [0, 0.05) is 69.0 Å². The molecule has 9 nitrogen and oxygen atoms in total. The highest BCUT2D eigenvalue weighted by Crippen LogP contribution is 2.35. The van der Waals surface area contributed by atoms with Gasteiger partial charge in [-0.15, -0.1) is 0 Å². The molecule has 4 rings (SSSR count). The highest BCUT2D eigenvalue weighted by molar-refractivity contribution is 5.97. The Balaban J connectivity index is 1.62. The Labute approximate surface area is 262 Å². The molecule has 9 heteroatoms. The van der Waals surface area contributed by atoms with E-state index in [1.165, 1.54) is 0 Å². The van der Waals surface area contributed by atoms with Gasteiger partial charge in [0.15, 0.2) is 0 Å². The maximum atomic E-state index is 14.1. The molecule has 3 amide bonds. The van der Waals surface area contributed by atoms with Gasteiger partial charge in [-0.2, -0.15) is 0 Å². The Morgan fingerprint density at radius 3 is 2.52 bits per heavy atom. The van der Waals surface area contributed by atoms with E-state index in [1.54, 1.807) is 12.0 Å². The first-order chi connectivity index (χ1) is 21.0. The van der Waals surface area contributed by atoms with Crippen molar-refractivity contribution < 1.29 is 28.6 Å². The number of carbonyl (C=O) groups excluding carboxylic acids is 3. The van der Waals surface area contributed by atoms with Crippen LogP contribution in [-0.2, 0) is 14.3 Å². The lowest BCUT2D eigenvalue weighted by Gasteiger charge is -2.41. The molecule has 0 radical (unpaired) electrons. The summed E-state index contributed by atoms with van der Waals surface area (Å²) in [4.78, 5) is 45.1. The van der Waals surface area contributed by atoms with Gasteiger partial charge < -0.3 is 28.9 Å². The summed E-state index contributed by atoms with van der Waals surface area (Å²) in [5.74, 6) is 0.654. The molecule has 2 aliphatic rings. The topological polar surface area (TPSA) is 88.6 Å². The molecule has 2 fully saturated rings. The number of hydrogen-bond acceptors (Lipinski definition) is 6. The number of ether oxygens (including phenoxy) is 3. The Bertz CT molecular complexity index is 1300. The van der Waals surface area contributed by atoms with Crippen LogP contribution >= 0.6 is 0 Å². The van der Waals surface area contributed by atoms with Gasteiger partial charge in [0.1, 0.15) is 11.4 Å². The van der Waals surface area contributed by atoms with Crippen LogP contribution < -0.4 is 9.64 Å². The zero-order valence-electron chi connectivity index (χ0n) is 27.3. The second kappa shape index (κ2) is 14.9. The average Bonchev–Trinajstić information content (AvgIpc) is 2.99. The second-order valence-electron chi connectivity index (χ2n) is 13.0. The van der Waals surface area contributed by atoms with Crippen LogP contribution in [0.2, 0.25) is 0 Å². The third-order valence-electron chi connectivity index (χ3n) is 8.00. The smallest absolute Gasteiger partial charge is 0.410 e. The van der Waals surface area contributed by atoms with E-state index >= 15 is 0 Å². The van der Waals surface area contributed by atoms with Crippen LogP contribution in [0.25, 0.3) is 11.1 Å². The predicted molar refractivity (Wildman–Crippen MR) is 172 cm³/mol. The highest BCUT2D eigenvalue weighted by atomic mass is 16.6. The van der Waals surface area contributed by atoms with Crippen molar-refractivity contribution in [2.75, 3.05) is 44.9 Å². The van der Waals surface area contributed by atoms with E-state index in [0.717, 1.165) is 42.5 Å². The van der Waals surface area contributed by atoms with Crippen LogP contribution in [0.1, 0.15) is 83.5 Å². The Morgan fingerprint density at radius 2 is 1.82 bits per heavy atom. The number of rotatable bonds is 10. The number of methoxy groups -OCH3 is 1. The van der Waals surface area contributed by atoms with Crippen LogP contribution in [-0.4, -0.2) is 85.3 Å². The molecule has 0 N–H and O–H groups in total. The third kappa shape index (κ3) is 8.52. The van der Waals surface area contributed by atoms with Crippen LogP contribution in [0, 0.1) is 0 Å². The minimum absolute atomic E-state index is 0.0735. The molecule has 0 aromatic heterocycles. The number of likely N-dealkylation sites (tertiary alicyclic amines) is 1. The normalized spacial score (nSPS) is 17.5. The van der Waals surface area contributed by atoms with Crippen molar-refractivity contribution in [1.82, 2.24) is 9.80 Å². The van der Waals surface area contributed by atoms with E-state index in [-0.39, 0.29) is 30.0 Å². The number of carbonyl (C=O) groups is 3. The number of piperidine rings is 2. The fraction of sp³-hybridized carbons (Fsp3) is 0.571. The van der Waals surface area contributed by atoms with Crippen molar-refractivity contribution in [3.05, 3.63) is 48.0 Å². The van der Waals surface area contributed by atoms with Crippen LogP contribution in [0.3, 0.4) is 0 Å². The van der Waals surface area contributed by atoms with Gasteiger partial charge >= 0.3 is 6.09 Å². The molecular formula is C35H49N3O6. The third-order valence-corrected chi connectivity index (χ3v) is 8.00. The van der Waals surface area contributed by atoms with Crippen molar-refractivity contribution in [3.8, 4) is 16.9 Å². The van der Waals surface area contributed by atoms with Gasteiger partial charge in [-0.1, -0.05) is 12.1 Å². The van der Waals surface area contributed by atoms with Crippen molar-refractivity contribution in [2.24, 2.45) is 0 Å². The molecule has 2 saturated heterocycles. The molecule has 2 aromatic rings. The molecule has 0 unspecified atom stereocenters. The monoisotopic (exact) mass is 607 g/mol. The second-order valence-corrected chi connectivity index (χ2v) is 13.0. The lowest BCUT2D eigenvalue weighted by Crippen LogP contribution is -2.54. The van der Waals surface area contributed by atoms with E-state index in [1.807, 2.05) is 86.9 Å². The summed E-state index contributed by atoms with van der Waals surface area (Å²) in [6.07, 6.45) is 4.45. The zero-order chi connectivity index (χ0) is 31.9. The molecule has 0 aliphatic carbocycles. The van der Waals surface area contributed by atoms with E-state index in [9.17, 15) is 14.4 Å². The summed E-state index contributed by atoms with van der Waals surface area (Å²) < 4.78 is 17.1. The molecule has 0 bridgehead atoms. The fourth-order valence-corrected chi connectivity index (χ4v) is 5.96. The van der Waals surface area contributed by atoms with E-state index in [0.29, 0.717) is 57.0 Å². The van der Waals surface area contributed by atoms with Crippen molar-refractivity contribution in [3.63, 3.8) is 0 Å². The quantitative estimate of drug-likeness (QED) is 0.285. The Morgan fingerprint density at radius 1 is 1.02 bits per heavy atom. The number of nitrogens with zero attached hydrogens (tertiary/aromatic N) is 3. The van der Waals surface area contributed by atoms with E-state index in [2.05, 4.69) is 0 Å². The molecule has 240 valence electrons. The molecule has 2 aliphatic heterocycles. The maximum absolute atomic E-state index is 14.1. The molecule has 2 aromatic carbocycles. The predicted octanol–water partition coefficient (Wildman–Crippen LogP) is 6.54. The number of benzene rings is 2. The van der Waals surface area contributed by atoms with Gasteiger partial charge in [-0.05, 0) is 96.2 Å². The minimum Gasteiger partial charge on any atom is -0.493 e. The van der Waals surface area contributed by atoms with Crippen LogP contribution in [0.5, 0.6) is 5.75 Å². The van der Waals surface area contributed by atoms with E-state index in [4.69, 9.17) is 14.2 Å². The van der Waals surface area contributed by atoms with Crippen LogP contribution in [0.15, 0.2) is 42.5 Å². The lowest BCUT2D eigenvalue weighted by molar-refractivity contribution is -0.119. The van der Waals surface area contributed by atoms with Gasteiger partial charge in [0.05, 0.1) is 12.6 Å². The fourth-order valence-electron chi connectivity index (χ4n) is 5.96. The number of amides is 3. The average molecular weight is 608 g/mol. The number of hydrogen-bond donors (Lipinski definition) is 0. The molecule has 0 spiro atoms.